The minimum Gasteiger partial charge on any atom is -0.342 e. The van der Waals surface area contributed by atoms with Crippen molar-refractivity contribution >= 4 is 29.1 Å². The lowest BCUT2D eigenvalue weighted by Gasteiger charge is -2.34. The third-order valence-electron chi connectivity index (χ3n) is 6.19. The Morgan fingerprint density at radius 2 is 2.16 bits per heavy atom. The van der Waals surface area contributed by atoms with E-state index in [1.54, 1.807) is 6.07 Å². The van der Waals surface area contributed by atoms with E-state index in [1.165, 1.54) is 18.7 Å². The second-order valence-corrected chi connectivity index (χ2v) is 8.07. The highest BCUT2D eigenvalue weighted by Gasteiger charge is 2.59. The molecule has 2 bridgehead atoms. The lowest BCUT2D eigenvalue weighted by atomic mass is 9.70. The molecular weight excluding hydrogens is 340 g/mol. The molecule has 0 radical (unpaired) electrons. The first-order valence-electron chi connectivity index (χ1n) is 8.49. The van der Waals surface area contributed by atoms with Gasteiger partial charge in [0.2, 0.25) is 0 Å². The molecule has 2 fully saturated rings. The number of hydrogen-bond acceptors (Lipinski definition) is 4. The topological polar surface area (TPSA) is 83.5 Å². The summed E-state index contributed by atoms with van der Waals surface area (Å²) in [4.78, 5) is 27.9. The Kier molecular flexibility index (Phi) is 4.58. The number of nitrogens with zero attached hydrogens (tertiary/aromatic N) is 2. The maximum Gasteiger partial charge on any atom is 0.270 e. The summed E-state index contributed by atoms with van der Waals surface area (Å²) in [5.74, 6) is -0.174. The maximum absolute atomic E-state index is 12.0. The van der Waals surface area contributed by atoms with Gasteiger partial charge in [0.1, 0.15) is 5.69 Å². The van der Waals surface area contributed by atoms with Crippen molar-refractivity contribution in [3.8, 4) is 0 Å². The van der Waals surface area contributed by atoms with Crippen molar-refractivity contribution in [1.29, 1.82) is 0 Å². The molecule has 2 amide bonds. The molecule has 7 heteroatoms. The van der Waals surface area contributed by atoms with Gasteiger partial charge in [-0.1, -0.05) is 32.4 Å². The number of aromatic nitrogens is 1. The van der Waals surface area contributed by atoms with Gasteiger partial charge >= 0.3 is 0 Å². The number of halogens is 1. The summed E-state index contributed by atoms with van der Waals surface area (Å²) in [6, 6.07) is 3.03. The first-order valence-corrected chi connectivity index (χ1v) is 8.87. The van der Waals surface area contributed by atoms with Crippen LogP contribution in [0.2, 0.25) is 5.02 Å². The van der Waals surface area contributed by atoms with Gasteiger partial charge in [0, 0.05) is 22.3 Å². The Bertz CT molecular complexity index is 746. The van der Waals surface area contributed by atoms with E-state index in [4.69, 9.17) is 11.6 Å². The fraction of sp³-hybridized carbons (Fsp3) is 0.556. The van der Waals surface area contributed by atoms with Crippen LogP contribution in [0.5, 0.6) is 0 Å². The molecular formula is C18H23ClN4O2. The van der Waals surface area contributed by atoms with Crippen LogP contribution in [-0.4, -0.2) is 29.1 Å². The molecule has 2 aliphatic carbocycles. The van der Waals surface area contributed by atoms with E-state index in [1.807, 2.05) is 0 Å². The number of nitrogens with one attached hydrogen (secondary N) is 2. The predicted octanol–water partition coefficient (Wildman–Crippen LogP) is 2.78. The van der Waals surface area contributed by atoms with Crippen LogP contribution >= 0.6 is 11.6 Å². The van der Waals surface area contributed by atoms with Gasteiger partial charge in [0.15, 0.2) is 0 Å². The van der Waals surface area contributed by atoms with Gasteiger partial charge in [0.05, 0.1) is 6.54 Å². The number of carbonyl (C=O) groups is 2. The summed E-state index contributed by atoms with van der Waals surface area (Å²) < 4.78 is 0. The van der Waals surface area contributed by atoms with E-state index in [2.05, 4.69) is 41.6 Å². The van der Waals surface area contributed by atoms with E-state index in [-0.39, 0.29) is 29.0 Å². The zero-order valence-corrected chi connectivity index (χ0v) is 15.5. The lowest BCUT2D eigenvalue weighted by molar-refractivity contribution is -0.120. The summed E-state index contributed by atoms with van der Waals surface area (Å²) in [5, 5.41) is 7.31. The van der Waals surface area contributed by atoms with Gasteiger partial charge in [-0.2, -0.15) is 5.10 Å². The van der Waals surface area contributed by atoms with Crippen LogP contribution in [0.4, 0.5) is 0 Å². The van der Waals surface area contributed by atoms with E-state index in [9.17, 15) is 9.59 Å². The number of amides is 2. The second kappa shape index (κ2) is 6.41. The third-order valence-corrected chi connectivity index (χ3v) is 6.43. The van der Waals surface area contributed by atoms with E-state index in [0.717, 1.165) is 18.6 Å². The molecule has 134 valence electrons. The summed E-state index contributed by atoms with van der Waals surface area (Å²) in [6.07, 6.45) is 4.71. The van der Waals surface area contributed by atoms with Crippen molar-refractivity contribution in [3.05, 3.63) is 29.0 Å². The Labute approximate surface area is 152 Å². The smallest absolute Gasteiger partial charge is 0.270 e. The number of rotatable bonds is 4. The molecule has 0 aliphatic heterocycles. The second-order valence-electron chi connectivity index (χ2n) is 7.63. The summed E-state index contributed by atoms with van der Waals surface area (Å²) in [6.45, 7) is 6.64. The van der Waals surface area contributed by atoms with Gasteiger partial charge in [-0.25, -0.2) is 5.43 Å². The zero-order chi connectivity index (χ0) is 18.2. The van der Waals surface area contributed by atoms with Crippen molar-refractivity contribution in [2.45, 2.75) is 40.0 Å². The molecule has 2 N–H and O–H groups in total. The minimum absolute atomic E-state index is 0.0406. The highest BCUT2D eigenvalue weighted by molar-refractivity contribution is 6.30. The number of carbonyl (C=O) groups excluding carboxylic acids is 2. The largest absolute Gasteiger partial charge is 0.342 e. The Morgan fingerprint density at radius 1 is 1.40 bits per heavy atom. The van der Waals surface area contributed by atoms with Crippen molar-refractivity contribution in [1.82, 2.24) is 15.7 Å². The number of hydrazone groups is 1. The van der Waals surface area contributed by atoms with Crippen LogP contribution in [-0.2, 0) is 4.79 Å². The molecule has 1 aromatic heterocycles. The minimum atomic E-state index is -0.446. The van der Waals surface area contributed by atoms with Crippen LogP contribution < -0.4 is 10.7 Å². The molecule has 3 rings (SSSR count). The van der Waals surface area contributed by atoms with E-state index < -0.39 is 5.91 Å². The Hall–Kier alpha value is -1.95. The number of pyridine rings is 1. The van der Waals surface area contributed by atoms with Crippen LogP contribution in [0, 0.1) is 16.7 Å². The molecule has 2 saturated carbocycles. The molecule has 2 atom stereocenters. The lowest BCUT2D eigenvalue weighted by Crippen LogP contribution is -2.37. The van der Waals surface area contributed by atoms with Crippen LogP contribution in [0.25, 0.3) is 0 Å². The molecule has 0 spiro atoms. The third kappa shape index (κ3) is 3.15. The highest BCUT2D eigenvalue weighted by atomic mass is 35.5. The van der Waals surface area contributed by atoms with Gasteiger partial charge in [-0.05, 0) is 42.7 Å². The Balaban J connectivity index is 1.55. The quantitative estimate of drug-likeness (QED) is 0.808. The molecule has 25 heavy (non-hydrogen) atoms. The number of fused-ring (bicyclic) bond motifs is 2. The van der Waals surface area contributed by atoms with Gasteiger partial charge in [0.25, 0.3) is 11.8 Å². The van der Waals surface area contributed by atoms with Crippen molar-refractivity contribution < 1.29 is 9.59 Å². The highest BCUT2D eigenvalue weighted by Crippen LogP contribution is 2.63. The van der Waals surface area contributed by atoms with Gasteiger partial charge in [-0.3, -0.25) is 14.6 Å². The van der Waals surface area contributed by atoms with Gasteiger partial charge in [-0.15, -0.1) is 0 Å². The monoisotopic (exact) mass is 362 g/mol. The molecule has 0 unspecified atom stereocenters. The SMILES string of the molecule is CC1(C)[C@H]2CC[C@]1(C)/C(=N/NC(=O)CNC(=O)c1cc(Cl)ccn1)C2. The maximum atomic E-state index is 12.0. The normalized spacial score (nSPS) is 28.2. The zero-order valence-electron chi connectivity index (χ0n) is 14.7. The fourth-order valence-electron chi connectivity index (χ4n) is 4.05. The molecule has 0 aromatic carbocycles. The summed E-state index contributed by atoms with van der Waals surface area (Å²) in [5.41, 5.74) is 4.07. The van der Waals surface area contributed by atoms with E-state index in [0.29, 0.717) is 10.9 Å². The van der Waals surface area contributed by atoms with Gasteiger partial charge < -0.3 is 5.32 Å². The van der Waals surface area contributed by atoms with Crippen LogP contribution in [0.15, 0.2) is 23.4 Å². The van der Waals surface area contributed by atoms with Crippen molar-refractivity contribution in [2.24, 2.45) is 21.8 Å². The molecule has 6 nitrogen and oxygen atoms in total. The standard InChI is InChI=1S/C18H23ClN4O2/c1-17(2)11-4-6-18(17,3)14(8-11)22-23-15(24)10-21-16(25)13-9-12(19)5-7-20-13/h5,7,9,11H,4,6,8,10H2,1-3H3,(H,21,25)(H,23,24)/b22-14+/t11-,18+/m0/s1. The van der Waals surface area contributed by atoms with E-state index >= 15 is 0 Å². The van der Waals surface area contributed by atoms with Crippen LogP contribution in [0.3, 0.4) is 0 Å². The average Bonchev–Trinajstić information content (AvgIpc) is 2.91. The average molecular weight is 363 g/mol. The van der Waals surface area contributed by atoms with Crippen LogP contribution in [0.1, 0.15) is 50.5 Å². The van der Waals surface area contributed by atoms with Crippen molar-refractivity contribution in [3.63, 3.8) is 0 Å². The first-order chi connectivity index (χ1) is 11.7. The molecule has 1 heterocycles. The molecule has 0 saturated heterocycles. The van der Waals surface area contributed by atoms with Crippen molar-refractivity contribution in [2.75, 3.05) is 6.54 Å². The first kappa shape index (κ1) is 17.9. The summed E-state index contributed by atoms with van der Waals surface area (Å²) in [7, 11) is 0. The predicted molar refractivity (Wildman–Crippen MR) is 96.4 cm³/mol. The summed E-state index contributed by atoms with van der Waals surface area (Å²) >= 11 is 5.82. The molecule has 2 aliphatic rings. The Morgan fingerprint density at radius 3 is 2.76 bits per heavy atom. The number of hydrogen-bond donors (Lipinski definition) is 2. The fourth-order valence-corrected chi connectivity index (χ4v) is 4.21. The molecule has 1 aromatic rings.